The van der Waals surface area contributed by atoms with Crippen LogP contribution in [0, 0.1) is 0 Å². The van der Waals surface area contributed by atoms with Gasteiger partial charge in [0.1, 0.15) is 0 Å². The zero-order chi connectivity index (χ0) is 16.8. The lowest BCUT2D eigenvalue weighted by atomic mass is 10.0. The van der Waals surface area contributed by atoms with Crippen molar-refractivity contribution in [3.63, 3.8) is 0 Å². The normalized spacial score (nSPS) is 13.0. The van der Waals surface area contributed by atoms with Crippen molar-refractivity contribution in [1.29, 1.82) is 0 Å². The third kappa shape index (κ3) is 3.61. The minimum absolute atomic E-state index is 0.0201. The number of anilines is 2. The highest BCUT2D eigenvalue weighted by molar-refractivity contribution is 6.01. The van der Waals surface area contributed by atoms with Crippen LogP contribution < -0.4 is 10.2 Å². The number of hydrogen-bond acceptors (Lipinski definition) is 1. The van der Waals surface area contributed by atoms with Crippen LogP contribution in [0.1, 0.15) is 43.7 Å². The molecular formula is C21H26N2O. The number of benzene rings is 2. The highest BCUT2D eigenvalue weighted by Gasteiger charge is 2.25. The number of unbranched alkanes of at least 4 members (excludes halogenated alkanes) is 3. The van der Waals surface area contributed by atoms with E-state index in [4.69, 9.17) is 0 Å². The van der Waals surface area contributed by atoms with E-state index in [9.17, 15) is 4.79 Å². The molecule has 0 bridgehead atoms. The first kappa shape index (κ1) is 16.6. The molecule has 0 radical (unpaired) electrons. The summed E-state index contributed by atoms with van der Waals surface area (Å²) in [6.07, 6.45) is 6.58. The van der Waals surface area contributed by atoms with Crippen LogP contribution in [0.5, 0.6) is 0 Å². The van der Waals surface area contributed by atoms with E-state index >= 15 is 0 Å². The largest absolute Gasteiger partial charge is 0.337 e. The van der Waals surface area contributed by atoms with E-state index in [1.54, 1.807) is 0 Å². The second-order valence-corrected chi connectivity index (χ2v) is 6.39. The van der Waals surface area contributed by atoms with Gasteiger partial charge in [0.15, 0.2) is 0 Å². The number of aryl methyl sites for hydroxylation is 2. The maximum atomic E-state index is 12.9. The average molecular weight is 322 g/mol. The summed E-state index contributed by atoms with van der Waals surface area (Å²) in [6.45, 7) is 2.93. The smallest absolute Gasteiger partial charge is 0.326 e. The van der Waals surface area contributed by atoms with Gasteiger partial charge in [-0.1, -0.05) is 62.6 Å². The van der Waals surface area contributed by atoms with E-state index in [1.807, 2.05) is 29.2 Å². The molecule has 0 aromatic heterocycles. The molecule has 1 aliphatic rings. The highest BCUT2D eigenvalue weighted by atomic mass is 16.2. The molecule has 24 heavy (non-hydrogen) atoms. The van der Waals surface area contributed by atoms with Gasteiger partial charge >= 0.3 is 6.03 Å². The van der Waals surface area contributed by atoms with E-state index in [1.165, 1.54) is 30.4 Å². The van der Waals surface area contributed by atoms with Crippen LogP contribution in [0.15, 0.2) is 48.5 Å². The van der Waals surface area contributed by atoms with Crippen LogP contribution in [0.2, 0.25) is 0 Å². The Hall–Kier alpha value is -2.29. The lowest BCUT2D eigenvalue weighted by molar-refractivity contribution is 0.248. The quantitative estimate of drug-likeness (QED) is 0.753. The predicted octanol–water partition coefficient (Wildman–Crippen LogP) is 5.21. The summed E-state index contributed by atoms with van der Waals surface area (Å²) >= 11 is 0. The van der Waals surface area contributed by atoms with E-state index < -0.39 is 0 Å². The number of amides is 2. The zero-order valence-electron chi connectivity index (χ0n) is 14.4. The SMILES string of the molecule is CCCCCCNC(=O)N1c2ccccc2CCc2ccccc21. The van der Waals surface area contributed by atoms with Crippen LogP contribution in [0.4, 0.5) is 16.2 Å². The lowest BCUT2D eigenvalue weighted by Crippen LogP contribution is -2.37. The van der Waals surface area contributed by atoms with Crippen LogP contribution in [0.25, 0.3) is 0 Å². The third-order valence-electron chi connectivity index (χ3n) is 4.64. The molecule has 0 aliphatic carbocycles. The monoisotopic (exact) mass is 322 g/mol. The Morgan fingerprint density at radius 1 is 0.917 bits per heavy atom. The maximum Gasteiger partial charge on any atom is 0.326 e. The van der Waals surface area contributed by atoms with Crippen molar-refractivity contribution >= 4 is 17.4 Å². The Kier molecular flexibility index (Phi) is 5.52. The van der Waals surface area contributed by atoms with Crippen LogP contribution in [-0.4, -0.2) is 12.6 Å². The average Bonchev–Trinajstić information content (AvgIpc) is 2.78. The van der Waals surface area contributed by atoms with Crippen LogP contribution in [-0.2, 0) is 12.8 Å². The number of rotatable bonds is 5. The molecule has 2 aromatic carbocycles. The molecule has 1 aliphatic heterocycles. The Morgan fingerprint density at radius 3 is 2.08 bits per heavy atom. The van der Waals surface area contributed by atoms with Crippen molar-refractivity contribution < 1.29 is 4.79 Å². The molecule has 2 amide bonds. The Bertz CT molecular complexity index is 648. The molecule has 3 heteroatoms. The number of carbonyl (C=O) groups is 1. The van der Waals surface area contributed by atoms with Crippen molar-refractivity contribution in [3.05, 3.63) is 59.7 Å². The molecule has 0 spiro atoms. The first-order valence-electron chi connectivity index (χ1n) is 9.05. The molecule has 0 atom stereocenters. The van der Waals surface area contributed by atoms with Gasteiger partial charge in [0.05, 0.1) is 11.4 Å². The van der Waals surface area contributed by atoms with E-state index in [-0.39, 0.29) is 6.03 Å². The Balaban J connectivity index is 1.84. The first-order valence-corrected chi connectivity index (χ1v) is 9.05. The fourth-order valence-corrected chi connectivity index (χ4v) is 3.32. The van der Waals surface area contributed by atoms with Gasteiger partial charge in [-0.05, 0) is 42.5 Å². The van der Waals surface area contributed by atoms with Crippen LogP contribution in [0.3, 0.4) is 0 Å². The second-order valence-electron chi connectivity index (χ2n) is 6.39. The van der Waals surface area contributed by atoms with Crippen molar-refractivity contribution in [1.82, 2.24) is 5.32 Å². The van der Waals surface area contributed by atoms with E-state index in [2.05, 4.69) is 36.5 Å². The zero-order valence-corrected chi connectivity index (χ0v) is 14.4. The fraction of sp³-hybridized carbons (Fsp3) is 0.381. The summed E-state index contributed by atoms with van der Waals surface area (Å²) in [5.74, 6) is 0. The minimum Gasteiger partial charge on any atom is -0.337 e. The summed E-state index contributed by atoms with van der Waals surface area (Å²) in [5.41, 5.74) is 4.48. The van der Waals surface area contributed by atoms with Crippen molar-refractivity contribution in [2.45, 2.75) is 45.4 Å². The predicted molar refractivity (Wildman–Crippen MR) is 100.0 cm³/mol. The molecule has 126 valence electrons. The second kappa shape index (κ2) is 8.00. The standard InChI is InChI=1S/C21H26N2O/c1-2-3-4-9-16-22-21(24)23-19-12-7-5-10-17(19)14-15-18-11-6-8-13-20(18)23/h5-8,10-13H,2-4,9,14-16H2,1H3,(H,22,24). The molecule has 0 unspecified atom stereocenters. The van der Waals surface area contributed by atoms with Crippen molar-refractivity contribution in [2.24, 2.45) is 0 Å². The fourth-order valence-electron chi connectivity index (χ4n) is 3.32. The van der Waals surface area contributed by atoms with Crippen LogP contribution >= 0.6 is 0 Å². The number of hydrogen-bond donors (Lipinski definition) is 1. The summed E-state index contributed by atoms with van der Waals surface area (Å²) in [7, 11) is 0. The highest BCUT2D eigenvalue weighted by Crippen LogP contribution is 2.35. The summed E-state index contributed by atoms with van der Waals surface area (Å²) in [4.78, 5) is 14.8. The van der Waals surface area contributed by atoms with Gasteiger partial charge < -0.3 is 5.32 Å². The lowest BCUT2D eigenvalue weighted by Gasteiger charge is -2.25. The van der Waals surface area contributed by atoms with E-state index in [0.717, 1.165) is 37.2 Å². The topological polar surface area (TPSA) is 32.3 Å². The molecular weight excluding hydrogens is 296 g/mol. The first-order chi connectivity index (χ1) is 11.8. The van der Waals surface area contributed by atoms with E-state index in [0.29, 0.717) is 0 Å². The van der Waals surface area contributed by atoms with Gasteiger partial charge in [-0.15, -0.1) is 0 Å². The molecule has 1 N–H and O–H groups in total. The molecule has 1 heterocycles. The maximum absolute atomic E-state index is 12.9. The van der Waals surface area contributed by atoms with Gasteiger partial charge in [-0.3, -0.25) is 4.90 Å². The number of nitrogens with one attached hydrogen (secondary N) is 1. The molecule has 0 fully saturated rings. The number of para-hydroxylation sites is 2. The summed E-state index contributed by atoms with van der Waals surface area (Å²) < 4.78 is 0. The van der Waals surface area contributed by atoms with Gasteiger partial charge in [-0.25, -0.2) is 4.79 Å². The number of nitrogens with zero attached hydrogens (tertiary/aromatic N) is 1. The molecule has 3 rings (SSSR count). The number of fused-ring (bicyclic) bond motifs is 2. The van der Waals surface area contributed by atoms with Crippen molar-refractivity contribution in [3.8, 4) is 0 Å². The third-order valence-corrected chi connectivity index (χ3v) is 4.64. The molecule has 2 aromatic rings. The molecule has 3 nitrogen and oxygen atoms in total. The number of urea groups is 1. The van der Waals surface area contributed by atoms with Gasteiger partial charge in [0.2, 0.25) is 0 Å². The number of carbonyl (C=O) groups excluding carboxylic acids is 1. The van der Waals surface area contributed by atoms with Gasteiger partial charge in [0, 0.05) is 6.54 Å². The summed E-state index contributed by atoms with van der Waals surface area (Å²) in [5, 5.41) is 3.11. The Labute approximate surface area is 144 Å². The summed E-state index contributed by atoms with van der Waals surface area (Å²) in [6, 6.07) is 16.5. The molecule has 0 saturated carbocycles. The minimum atomic E-state index is -0.0201. The van der Waals surface area contributed by atoms with Gasteiger partial charge in [-0.2, -0.15) is 0 Å². The molecule has 0 saturated heterocycles. The van der Waals surface area contributed by atoms with Gasteiger partial charge in [0.25, 0.3) is 0 Å². The van der Waals surface area contributed by atoms with Crippen molar-refractivity contribution in [2.75, 3.05) is 11.4 Å². The Morgan fingerprint density at radius 2 is 1.50 bits per heavy atom.